The van der Waals surface area contributed by atoms with Crippen molar-refractivity contribution in [1.82, 2.24) is 0 Å². The monoisotopic (exact) mass is 305 g/mol. The highest BCUT2D eigenvalue weighted by Gasteiger charge is 2.08. The first-order chi connectivity index (χ1) is 10.2. The Morgan fingerprint density at radius 1 is 1.24 bits per heavy atom. The number of ether oxygens (including phenoxy) is 2. The van der Waals surface area contributed by atoms with E-state index in [9.17, 15) is 9.59 Å². The van der Waals surface area contributed by atoms with Gasteiger partial charge in [0.1, 0.15) is 5.75 Å². The first-order valence-corrected chi connectivity index (χ1v) is 7.30. The molecule has 6 heteroatoms. The van der Waals surface area contributed by atoms with Gasteiger partial charge in [0, 0.05) is 11.8 Å². The van der Waals surface area contributed by atoms with Crippen molar-refractivity contribution in [1.29, 1.82) is 0 Å². The Balaban J connectivity index is 1.94. The van der Waals surface area contributed by atoms with Crippen molar-refractivity contribution in [2.24, 2.45) is 0 Å². The number of carbonyl (C=O) groups excluding carboxylic acids is 2. The summed E-state index contributed by atoms with van der Waals surface area (Å²) in [6.07, 6.45) is 0. The Morgan fingerprint density at radius 3 is 2.81 bits per heavy atom. The Morgan fingerprint density at radius 2 is 2.10 bits per heavy atom. The van der Waals surface area contributed by atoms with Crippen molar-refractivity contribution in [3.8, 4) is 5.75 Å². The number of hydrogen-bond acceptors (Lipinski definition) is 5. The lowest BCUT2D eigenvalue weighted by Crippen LogP contribution is -2.15. The maximum atomic E-state index is 11.9. The molecule has 0 spiro atoms. The lowest BCUT2D eigenvalue weighted by molar-refractivity contribution is -0.145. The molecule has 1 aromatic heterocycles. The minimum atomic E-state index is -0.425. The van der Waals surface area contributed by atoms with Gasteiger partial charge < -0.3 is 14.8 Å². The van der Waals surface area contributed by atoms with Crippen LogP contribution in [-0.4, -0.2) is 25.1 Å². The third kappa shape index (κ3) is 4.61. The molecule has 0 saturated heterocycles. The first-order valence-electron chi connectivity index (χ1n) is 6.42. The quantitative estimate of drug-likeness (QED) is 0.833. The first kappa shape index (κ1) is 15.1. The van der Waals surface area contributed by atoms with E-state index in [1.54, 1.807) is 37.3 Å². The summed E-state index contributed by atoms with van der Waals surface area (Å²) in [6, 6.07) is 10.4. The van der Waals surface area contributed by atoms with Crippen LogP contribution in [0.4, 0.5) is 5.69 Å². The molecule has 0 atom stereocenters. The molecule has 2 rings (SSSR count). The standard InChI is InChI=1S/C15H15NO4S/c1-2-19-14(17)10-20-12-6-3-5-11(9-12)16-15(18)13-7-4-8-21-13/h3-9H,2,10H2,1H3,(H,16,18). The minimum Gasteiger partial charge on any atom is -0.482 e. The fourth-order valence-corrected chi connectivity index (χ4v) is 2.23. The average molecular weight is 305 g/mol. The smallest absolute Gasteiger partial charge is 0.344 e. The molecule has 0 bridgehead atoms. The van der Waals surface area contributed by atoms with Gasteiger partial charge in [0.05, 0.1) is 11.5 Å². The maximum absolute atomic E-state index is 11.9. The second kappa shape index (κ2) is 7.44. The number of rotatable bonds is 6. The molecule has 1 N–H and O–H groups in total. The van der Waals surface area contributed by atoms with Crippen LogP contribution in [-0.2, 0) is 9.53 Å². The van der Waals surface area contributed by atoms with Crippen molar-refractivity contribution in [2.45, 2.75) is 6.92 Å². The summed E-state index contributed by atoms with van der Waals surface area (Å²) < 4.78 is 10.1. The van der Waals surface area contributed by atoms with Gasteiger partial charge in [-0.1, -0.05) is 12.1 Å². The van der Waals surface area contributed by atoms with Gasteiger partial charge >= 0.3 is 5.97 Å². The summed E-state index contributed by atoms with van der Waals surface area (Å²) in [5, 5.41) is 4.61. The molecule has 21 heavy (non-hydrogen) atoms. The number of nitrogens with one attached hydrogen (secondary N) is 1. The molecule has 0 unspecified atom stereocenters. The van der Waals surface area contributed by atoms with Gasteiger partial charge in [-0.05, 0) is 30.5 Å². The van der Waals surface area contributed by atoms with Crippen LogP contribution in [0.3, 0.4) is 0 Å². The van der Waals surface area contributed by atoms with Crippen LogP contribution in [0.5, 0.6) is 5.75 Å². The van der Waals surface area contributed by atoms with E-state index in [1.165, 1.54) is 11.3 Å². The summed E-state index contributed by atoms with van der Waals surface area (Å²) in [4.78, 5) is 23.8. The average Bonchev–Trinajstić information content (AvgIpc) is 3.00. The molecule has 1 aromatic carbocycles. The van der Waals surface area contributed by atoms with Crippen molar-refractivity contribution in [2.75, 3.05) is 18.5 Å². The number of amides is 1. The van der Waals surface area contributed by atoms with E-state index >= 15 is 0 Å². The van der Waals surface area contributed by atoms with Gasteiger partial charge in [-0.25, -0.2) is 4.79 Å². The van der Waals surface area contributed by atoms with Gasteiger partial charge in [0.25, 0.3) is 5.91 Å². The zero-order valence-electron chi connectivity index (χ0n) is 11.5. The molecule has 0 aliphatic carbocycles. The predicted molar refractivity (Wildman–Crippen MR) is 80.8 cm³/mol. The Hall–Kier alpha value is -2.34. The summed E-state index contributed by atoms with van der Waals surface area (Å²) in [5.74, 6) is -0.106. The molecule has 2 aromatic rings. The van der Waals surface area contributed by atoms with Crippen LogP contribution in [0.1, 0.15) is 16.6 Å². The molecular weight excluding hydrogens is 290 g/mol. The highest BCUT2D eigenvalue weighted by Crippen LogP contribution is 2.19. The summed E-state index contributed by atoms with van der Waals surface area (Å²) >= 11 is 1.37. The van der Waals surface area contributed by atoms with Crippen LogP contribution in [0.25, 0.3) is 0 Å². The number of anilines is 1. The van der Waals surface area contributed by atoms with E-state index in [4.69, 9.17) is 9.47 Å². The van der Waals surface area contributed by atoms with Crippen molar-refractivity contribution in [3.63, 3.8) is 0 Å². The summed E-state index contributed by atoms with van der Waals surface area (Å²) in [7, 11) is 0. The third-order valence-corrected chi connectivity index (χ3v) is 3.37. The van der Waals surface area contributed by atoms with Gasteiger partial charge in [-0.3, -0.25) is 4.79 Å². The molecule has 0 fully saturated rings. The molecule has 1 heterocycles. The number of benzene rings is 1. The molecule has 110 valence electrons. The van der Waals surface area contributed by atoms with Crippen molar-refractivity contribution in [3.05, 3.63) is 46.7 Å². The topological polar surface area (TPSA) is 64.6 Å². The van der Waals surface area contributed by atoms with Gasteiger partial charge in [-0.2, -0.15) is 0 Å². The zero-order chi connectivity index (χ0) is 15.1. The van der Waals surface area contributed by atoms with E-state index < -0.39 is 5.97 Å². The molecule has 1 amide bonds. The zero-order valence-corrected chi connectivity index (χ0v) is 12.3. The minimum absolute atomic E-state index is 0.157. The highest BCUT2D eigenvalue weighted by molar-refractivity contribution is 7.12. The van der Waals surface area contributed by atoms with Crippen molar-refractivity contribution >= 4 is 28.9 Å². The van der Waals surface area contributed by atoms with Crippen LogP contribution >= 0.6 is 11.3 Å². The molecule has 0 radical (unpaired) electrons. The number of carbonyl (C=O) groups is 2. The normalized spacial score (nSPS) is 9.95. The Labute approximate surface area is 126 Å². The molecule has 5 nitrogen and oxygen atoms in total. The lowest BCUT2D eigenvalue weighted by atomic mass is 10.3. The number of esters is 1. The Bertz CT molecular complexity index is 610. The van der Waals surface area contributed by atoms with Crippen molar-refractivity contribution < 1.29 is 19.1 Å². The highest BCUT2D eigenvalue weighted by atomic mass is 32.1. The van der Waals surface area contributed by atoms with Gasteiger partial charge in [-0.15, -0.1) is 11.3 Å². The largest absolute Gasteiger partial charge is 0.482 e. The van der Waals surface area contributed by atoms with E-state index in [0.29, 0.717) is 22.9 Å². The van der Waals surface area contributed by atoms with Crippen LogP contribution < -0.4 is 10.1 Å². The second-order valence-corrected chi connectivity index (χ2v) is 5.00. The molecule has 0 saturated carbocycles. The van der Waals surface area contributed by atoms with E-state index in [-0.39, 0.29) is 12.5 Å². The third-order valence-electron chi connectivity index (χ3n) is 2.50. The summed E-state index contributed by atoms with van der Waals surface area (Å²) in [5.41, 5.74) is 0.606. The fourth-order valence-electron chi connectivity index (χ4n) is 1.61. The number of hydrogen-bond donors (Lipinski definition) is 1. The SMILES string of the molecule is CCOC(=O)COc1cccc(NC(=O)c2cccs2)c1. The maximum Gasteiger partial charge on any atom is 0.344 e. The van der Waals surface area contributed by atoms with E-state index in [2.05, 4.69) is 5.32 Å². The van der Waals surface area contributed by atoms with E-state index in [0.717, 1.165) is 0 Å². The lowest BCUT2D eigenvalue weighted by Gasteiger charge is -2.08. The van der Waals surface area contributed by atoms with Crippen LogP contribution in [0.2, 0.25) is 0 Å². The van der Waals surface area contributed by atoms with Crippen LogP contribution in [0, 0.1) is 0 Å². The predicted octanol–water partition coefficient (Wildman–Crippen LogP) is 2.94. The van der Waals surface area contributed by atoms with Gasteiger partial charge in [0.15, 0.2) is 6.61 Å². The van der Waals surface area contributed by atoms with E-state index in [1.807, 2.05) is 11.4 Å². The van der Waals surface area contributed by atoms with Crippen LogP contribution in [0.15, 0.2) is 41.8 Å². The molecule has 0 aliphatic rings. The number of thiophene rings is 1. The Kier molecular flexibility index (Phi) is 5.34. The fraction of sp³-hybridized carbons (Fsp3) is 0.200. The summed E-state index contributed by atoms with van der Waals surface area (Å²) in [6.45, 7) is 1.90. The van der Waals surface area contributed by atoms with Gasteiger partial charge in [0.2, 0.25) is 0 Å². The second-order valence-electron chi connectivity index (χ2n) is 4.05. The molecule has 0 aliphatic heterocycles. The molecular formula is C15H15NO4S.